The highest BCUT2D eigenvalue weighted by Crippen LogP contribution is 2.36. The van der Waals surface area contributed by atoms with Gasteiger partial charge in [-0.25, -0.2) is 4.98 Å². The Balaban J connectivity index is 1.39. The lowest BCUT2D eigenvalue weighted by Crippen LogP contribution is -2.24. The molecule has 4 aromatic rings. The van der Waals surface area contributed by atoms with Crippen molar-refractivity contribution in [3.8, 4) is 11.3 Å². The predicted octanol–water partition coefficient (Wildman–Crippen LogP) is 3.95. The van der Waals surface area contributed by atoms with Crippen molar-refractivity contribution in [1.29, 1.82) is 0 Å². The molecule has 2 N–H and O–H groups in total. The van der Waals surface area contributed by atoms with Crippen molar-refractivity contribution in [2.45, 2.75) is 32.7 Å². The van der Waals surface area contributed by atoms with E-state index in [4.69, 9.17) is 9.51 Å². The van der Waals surface area contributed by atoms with Crippen LogP contribution in [0.15, 0.2) is 47.2 Å². The first kappa shape index (κ1) is 18.3. The van der Waals surface area contributed by atoms with E-state index in [2.05, 4.69) is 35.5 Å². The fraction of sp³-hybridized carbons (Fsp3) is 0.286. The zero-order chi connectivity index (χ0) is 20.5. The molecular formula is C21H22N8O. The number of aromatic nitrogens is 6. The van der Waals surface area contributed by atoms with Gasteiger partial charge in [0.2, 0.25) is 5.95 Å². The molecule has 0 spiro atoms. The quantitative estimate of drug-likeness (QED) is 0.516. The van der Waals surface area contributed by atoms with E-state index < -0.39 is 0 Å². The Hall–Kier alpha value is -3.75. The average Bonchev–Trinajstić information content (AvgIpc) is 3.49. The molecule has 9 nitrogen and oxygen atoms in total. The summed E-state index contributed by atoms with van der Waals surface area (Å²) in [6.07, 6.45) is 5.53. The van der Waals surface area contributed by atoms with Gasteiger partial charge >= 0.3 is 0 Å². The fourth-order valence-electron chi connectivity index (χ4n) is 3.80. The van der Waals surface area contributed by atoms with Crippen LogP contribution >= 0.6 is 0 Å². The van der Waals surface area contributed by atoms with Crippen LogP contribution in [0, 0.1) is 13.8 Å². The molecular weight excluding hydrogens is 380 g/mol. The van der Waals surface area contributed by atoms with Crippen molar-refractivity contribution in [3.63, 3.8) is 0 Å². The van der Waals surface area contributed by atoms with Gasteiger partial charge in [0.05, 0.1) is 6.04 Å². The van der Waals surface area contributed by atoms with E-state index in [0.717, 1.165) is 53.6 Å². The lowest BCUT2D eigenvalue weighted by atomic mass is 10.1. The van der Waals surface area contributed by atoms with E-state index in [1.165, 1.54) is 0 Å². The lowest BCUT2D eigenvalue weighted by Gasteiger charge is -2.22. The minimum Gasteiger partial charge on any atom is -0.359 e. The van der Waals surface area contributed by atoms with E-state index >= 15 is 0 Å². The van der Waals surface area contributed by atoms with Crippen molar-refractivity contribution in [1.82, 2.24) is 30.3 Å². The highest BCUT2D eigenvalue weighted by Gasteiger charge is 2.31. The molecule has 0 saturated carbocycles. The third-order valence-corrected chi connectivity index (χ3v) is 5.25. The number of nitrogens with one attached hydrogen (secondary N) is 2. The number of nitrogens with zero attached hydrogens (tertiary/aromatic N) is 6. The molecule has 1 fully saturated rings. The molecule has 4 aromatic heterocycles. The molecule has 5 rings (SSSR count). The monoisotopic (exact) mass is 402 g/mol. The molecule has 1 atom stereocenters. The molecule has 0 aliphatic carbocycles. The average molecular weight is 402 g/mol. The second kappa shape index (κ2) is 7.58. The molecule has 30 heavy (non-hydrogen) atoms. The first-order chi connectivity index (χ1) is 14.7. The third-order valence-electron chi connectivity index (χ3n) is 5.25. The van der Waals surface area contributed by atoms with Crippen LogP contribution < -0.4 is 10.2 Å². The second-order valence-electron chi connectivity index (χ2n) is 7.41. The lowest BCUT2D eigenvalue weighted by molar-refractivity contribution is 0.362. The molecule has 0 unspecified atom stereocenters. The molecule has 0 amide bonds. The SMILES string of the molecule is Cc1cc(Nc2ccnc(N3CCC[C@H]3c3cc(-c4cccnc4C)no3)n2)n[nH]1. The molecule has 0 bridgehead atoms. The van der Waals surface area contributed by atoms with Gasteiger partial charge in [-0.2, -0.15) is 10.1 Å². The Kier molecular flexibility index (Phi) is 4.62. The van der Waals surface area contributed by atoms with Gasteiger partial charge in [-0.1, -0.05) is 5.16 Å². The number of aryl methyl sites for hydroxylation is 2. The van der Waals surface area contributed by atoms with Gasteiger partial charge in [0, 0.05) is 48.0 Å². The van der Waals surface area contributed by atoms with Gasteiger partial charge < -0.3 is 14.7 Å². The van der Waals surface area contributed by atoms with Crippen LogP contribution in [0.1, 0.15) is 36.0 Å². The summed E-state index contributed by atoms with van der Waals surface area (Å²) in [7, 11) is 0. The summed E-state index contributed by atoms with van der Waals surface area (Å²) in [4.78, 5) is 15.7. The highest BCUT2D eigenvalue weighted by molar-refractivity contribution is 5.61. The standard InChI is InChI=1S/C21H22N8O/c1-13-11-20(27-26-13)24-19-7-9-23-21(25-19)29-10-4-6-17(29)18-12-16(28-30-18)15-5-3-8-22-14(15)2/h3,5,7-9,11-12,17H,4,6,10H2,1-2H3,(H2,23,24,25,26,27)/t17-/m0/s1. The van der Waals surface area contributed by atoms with Crippen molar-refractivity contribution in [2.75, 3.05) is 16.8 Å². The molecule has 0 aromatic carbocycles. The maximum Gasteiger partial charge on any atom is 0.227 e. The molecule has 1 saturated heterocycles. The Morgan fingerprint density at radius 3 is 2.90 bits per heavy atom. The molecule has 152 valence electrons. The highest BCUT2D eigenvalue weighted by atomic mass is 16.5. The number of anilines is 3. The van der Waals surface area contributed by atoms with Crippen LogP contribution in [0.2, 0.25) is 0 Å². The number of hydrogen-bond donors (Lipinski definition) is 2. The molecule has 1 aliphatic rings. The van der Waals surface area contributed by atoms with E-state index in [-0.39, 0.29) is 6.04 Å². The van der Waals surface area contributed by atoms with Crippen LogP contribution in [-0.2, 0) is 0 Å². The van der Waals surface area contributed by atoms with E-state index in [1.54, 1.807) is 12.4 Å². The third kappa shape index (κ3) is 3.49. The summed E-state index contributed by atoms with van der Waals surface area (Å²) < 4.78 is 5.73. The minimum absolute atomic E-state index is 0.0473. The first-order valence-corrected chi connectivity index (χ1v) is 9.95. The van der Waals surface area contributed by atoms with Crippen molar-refractivity contribution >= 4 is 17.6 Å². The number of pyridine rings is 1. The van der Waals surface area contributed by atoms with Gasteiger partial charge in [-0.05, 0) is 44.9 Å². The summed E-state index contributed by atoms with van der Waals surface area (Å²) in [5.74, 6) is 2.89. The topological polar surface area (TPSA) is 109 Å². The van der Waals surface area contributed by atoms with Gasteiger partial charge in [0.1, 0.15) is 11.5 Å². The smallest absolute Gasteiger partial charge is 0.227 e. The van der Waals surface area contributed by atoms with E-state index in [1.807, 2.05) is 44.2 Å². The van der Waals surface area contributed by atoms with E-state index in [0.29, 0.717) is 11.8 Å². The number of hydrogen-bond acceptors (Lipinski definition) is 8. The van der Waals surface area contributed by atoms with Crippen LogP contribution in [0.5, 0.6) is 0 Å². The Labute approximate surface area is 173 Å². The summed E-state index contributed by atoms with van der Waals surface area (Å²) >= 11 is 0. The van der Waals surface area contributed by atoms with Gasteiger partial charge in [0.15, 0.2) is 11.6 Å². The van der Waals surface area contributed by atoms with Crippen molar-refractivity contribution in [2.24, 2.45) is 0 Å². The summed E-state index contributed by atoms with van der Waals surface area (Å²) in [6, 6.07) is 9.72. The zero-order valence-corrected chi connectivity index (χ0v) is 16.8. The van der Waals surface area contributed by atoms with Gasteiger partial charge in [-0.15, -0.1) is 0 Å². The van der Waals surface area contributed by atoms with Crippen LogP contribution in [-0.4, -0.2) is 36.9 Å². The summed E-state index contributed by atoms with van der Waals surface area (Å²) in [5.41, 5.74) is 3.69. The molecule has 5 heterocycles. The fourth-order valence-corrected chi connectivity index (χ4v) is 3.80. The van der Waals surface area contributed by atoms with E-state index in [9.17, 15) is 0 Å². The Morgan fingerprint density at radius 2 is 2.07 bits per heavy atom. The summed E-state index contributed by atoms with van der Waals surface area (Å²) in [6.45, 7) is 4.79. The number of H-pyrrole nitrogens is 1. The molecule has 9 heteroatoms. The molecule has 0 radical (unpaired) electrons. The Bertz CT molecular complexity index is 1170. The second-order valence-corrected chi connectivity index (χ2v) is 7.41. The largest absolute Gasteiger partial charge is 0.359 e. The van der Waals surface area contributed by atoms with Crippen molar-refractivity contribution < 1.29 is 4.52 Å². The van der Waals surface area contributed by atoms with Crippen LogP contribution in [0.3, 0.4) is 0 Å². The van der Waals surface area contributed by atoms with Crippen molar-refractivity contribution in [3.05, 3.63) is 59.9 Å². The Morgan fingerprint density at radius 1 is 1.13 bits per heavy atom. The molecule has 1 aliphatic heterocycles. The van der Waals surface area contributed by atoms with Gasteiger partial charge in [0.25, 0.3) is 0 Å². The number of aromatic amines is 1. The van der Waals surface area contributed by atoms with Crippen LogP contribution in [0.25, 0.3) is 11.3 Å². The predicted molar refractivity (Wildman–Crippen MR) is 112 cm³/mol. The summed E-state index contributed by atoms with van der Waals surface area (Å²) in [5, 5.41) is 14.6. The maximum atomic E-state index is 5.73. The number of rotatable bonds is 5. The van der Waals surface area contributed by atoms with Crippen LogP contribution in [0.4, 0.5) is 17.6 Å². The minimum atomic E-state index is 0.0473. The zero-order valence-electron chi connectivity index (χ0n) is 16.8. The first-order valence-electron chi connectivity index (χ1n) is 9.95. The maximum absolute atomic E-state index is 5.73. The van der Waals surface area contributed by atoms with Gasteiger partial charge in [-0.3, -0.25) is 10.1 Å². The normalized spacial score (nSPS) is 16.2.